The third-order valence-corrected chi connectivity index (χ3v) is 9.88. The summed E-state index contributed by atoms with van der Waals surface area (Å²) in [5, 5.41) is 0. The van der Waals surface area contributed by atoms with E-state index in [1.165, 1.54) is 13.8 Å². The molecule has 9 atom stereocenters. The van der Waals surface area contributed by atoms with Crippen molar-refractivity contribution in [2.45, 2.75) is 107 Å². The van der Waals surface area contributed by atoms with Crippen molar-refractivity contribution in [1.82, 2.24) is 0 Å². The molecule has 5 rings (SSSR count). The molecule has 0 aromatic heterocycles. The number of halogens is 1. The van der Waals surface area contributed by atoms with Crippen LogP contribution in [0, 0.1) is 0 Å². The fourth-order valence-corrected chi connectivity index (χ4v) is 7.03. The zero-order valence-corrected chi connectivity index (χ0v) is 32.5. The van der Waals surface area contributed by atoms with Crippen LogP contribution in [0.5, 0.6) is 0 Å². The first-order chi connectivity index (χ1) is 26.3. The van der Waals surface area contributed by atoms with Gasteiger partial charge in [-0.1, -0.05) is 113 Å². The van der Waals surface area contributed by atoms with Crippen molar-refractivity contribution in [1.29, 1.82) is 0 Å². The molecule has 2 aliphatic rings. The number of esters is 2. The fraction of sp³-hybridized carbons (Fsp3) is 0.476. The molecule has 2 fully saturated rings. The zero-order chi connectivity index (χ0) is 38.1. The Bertz CT molecular complexity index is 1550. The molecular weight excluding hydrogens is 760 g/mol. The second-order valence-electron chi connectivity index (χ2n) is 13.2. The Labute approximate surface area is 326 Å². The molecule has 3 aromatic rings. The molecule has 11 nitrogen and oxygen atoms in total. The maximum atomic E-state index is 12.3. The van der Waals surface area contributed by atoms with Gasteiger partial charge in [-0.25, -0.2) is 0 Å². The van der Waals surface area contributed by atoms with Gasteiger partial charge in [0, 0.05) is 20.3 Å². The monoisotopic (exact) mass is 810 g/mol. The molecule has 0 aliphatic carbocycles. The van der Waals surface area contributed by atoms with Crippen LogP contribution in [-0.4, -0.2) is 85.8 Å². The van der Waals surface area contributed by atoms with Crippen molar-refractivity contribution in [3.63, 3.8) is 0 Å². The largest absolute Gasteiger partial charge is 0.457 e. The molecule has 2 saturated heterocycles. The fourth-order valence-electron chi connectivity index (χ4n) is 6.35. The number of carbonyl (C=O) groups is 2. The molecule has 2 aliphatic heterocycles. The van der Waals surface area contributed by atoms with Crippen LogP contribution in [0.15, 0.2) is 104 Å². The summed E-state index contributed by atoms with van der Waals surface area (Å²) in [5.41, 5.74) is 3.06. The predicted octanol–water partition coefficient (Wildman–Crippen LogP) is 6.84. The van der Waals surface area contributed by atoms with E-state index in [2.05, 4.69) is 22.5 Å². The van der Waals surface area contributed by atoms with Crippen LogP contribution < -0.4 is 0 Å². The van der Waals surface area contributed by atoms with Crippen molar-refractivity contribution >= 4 is 27.9 Å². The Morgan fingerprint density at radius 2 is 1.26 bits per heavy atom. The summed E-state index contributed by atoms with van der Waals surface area (Å²) in [6, 6.07) is 29.8. The molecule has 0 amide bonds. The Kier molecular flexibility index (Phi) is 17.1. The molecule has 2 heterocycles. The number of allylic oxidation sites excluding steroid dienone is 1. The van der Waals surface area contributed by atoms with Crippen molar-refractivity contribution < 1.29 is 52.2 Å². The van der Waals surface area contributed by atoms with E-state index in [-0.39, 0.29) is 13.2 Å². The van der Waals surface area contributed by atoms with Crippen LogP contribution in [0.2, 0.25) is 0 Å². The summed E-state index contributed by atoms with van der Waals surface area (Å²) in [5.74, 6) is -1.10. The van der Waals surface area contributed by atoms with Crippen LogP contribution in [0.3, 0.4) is 0 Å². The van der Waals surface area contributed by atoms with Gasteiger partial charge in [0.25, 0.3) is 0 Å². The van der Waals surface area contributed by atoms with Crippen LogP contribution in [-0.2, 0) is 72.0 Å². The van der Waals surface area contributed by atoms with E-state index in [1.54, 1.807) is 0 Å². The van der Waals surface area contributed by atoms with Gasteiger partial charge in [0.2, 0.25) is 0 Å². The first-order valence-electron chi connectivity index (χ1n) is 18.4. The van der Waals surface area contributed by atoms with Gasteiger partial charge < -0.3 is 42.6 Å². The van der Waals surface area contributed by atoms with Gasteiger partial charge in [-0.3, -0.25) is 9.59 Å². The minimum atomic E-state index is -0.996. The third kappa shape index (κ3) is 13.1. The molecule has 0 saturated carbocycles. The lowest BCUT2D eigenvalue weighted by molar-refractivity contribution is -0.301. The Morgan fingerprint density at radius 3 is 1.85 bits per heavy atom. The first-order valence-corrected chi connectivity index (χ1v) is 19.3. The summed E-state index contributed by atoms with van der Waals surface area (Å²) in [7, 11) is 0. The summed E-state index contributed by atoms with van der Waals surface area (Å²) in [6.07, 6.45) is -2.31. The van der Waals surface area contributed by atoms with E-state index in [4.69, 9.17) is 42.6 Å². The number of hydrogen-bond acceptors (Lipinski definition) is 11. The van der Waals surface area contributed by atoms with Gasteiger partial charge >= 0.3 is 11.9 Å². The lowest BCUT2D eigenvalue weighted by atomic mass is 10.00. The molecule has 0 bridgehead atoms. The molecule has 292 valence electrons. The molecule has 3 aromatic carbocycles. The van der Waals surface area contributed by atoms with E-state index in [0.29, 0.717) is 32.8 Å². The zero-order valence-electron chi connectivity index (χ0n) is 30.9. The maximum absolute atomic E-state index is 12.3. The van der Waals surface area contributed by atoms with Gasteiger partial charge in [0.05, 0.1) is 45.7 Å². The smallest absolute Gasteiger partial charge is 0.303 e. The second kappa shape index (κ2) is 22.2. The number of benzene rings is 3. The van der Waals surface area contributed by atoms with Crippen LogP contribution >= 0.6 is 15.9 Å². The highest BCUT2D eigenvalue weighted by Crippen LogP contribution is 2.34. The van der Waals surface area contributed by atoms with Gasteiger partial charge in [0.15, 0.2) is 24.8 Å². The summed E-state index contributed by atoms with van der Waals surface area (Å²) in [6.45, 7) is 7.93. The van der Waals surface area contributed by atoms with E-state index >= 15 is 0 Å². The molecule has 2 unspecified atom stereocenters. The van der Waals surface area contributed by atoms with Crippen molar-refractivity contribution in [2.75, 3.05) is 19.8 Å². The minimum absolute atomic E-state index is 0.0782. The normalized spacial score (nSPS) is 26.8. The lowest BCUT2D eigenvalue weighted by Gasteiger charge is -2.44. The van der Waals surface area contributed by atoms with Crippen LogP contribution in [0.1, 0.15) is 49.8 Å². The maximum Gasteiger partial charge on any atom is 0.303 e. The summed E-state index contributed by atoms with van der Waals surface area (Å²) in [4.78, 5) is 23.9. The third-order valence-electron chi connectivity index (χ3n) is 8.93. The highest BCUT2D eigenvalue weighted by molar-refractivity contribution is 9.09. The summed E-state index contributed by atoms with van der Waals surface area (Å²) < 4.78 is 56.2. The predicted molar refractivity (Wildman–Crippen MR) is 203 cm³/mol. The van der Waals surface area contributed by atoms with Gasteiger partial charge in [0.1, 0.15) is 23.1 Å². The highest BCUT2D eigenvalue weighted by Gasteiger charge is 2.50. The molecule has 12 heteroatoms. The number of alkyl halides is 1. The summed E-state index contributed by atoms with van der Waals surface area (Å²) >= 11 is 3.59. The van der Waals surface area contributed by atoms with Crippen LogP contribution in [0.4, 0.5) is 0 Å². The Morgan fingerprint density at radius 1 is 0.704 bits per heavy atom. The molecule has 0 spiro atoms. The van der Waals surface area contributed by atoms with E-state index in [0.717, 1.165) is 29.5 Å². The Hall–Kier alpha value is -3.46. The lowest BCUT2D eigenvalue weighted by Crippen LogP contribution is -2.60. The second-order valence-corrected chi connectivity index (χ2v) is 14.3. The van der Waals surface area contributed by atoms with Crippen molar-refractivity contribution in [3.05, 3.63) is 120 Å². The average Bonchev–Trinajstić information content (AvgIpc) is 3.17. The number of carbonyl (C=O) groups excluding carboxylic acids is 2. The van der Waals surface area contributed by atoms with Gasteiger partial charge in [-0.05, 0) is 29.5 Å². The van der Waals surface area contributed by atoms with E-state index in [1.807, 2.05) is 97.1 Å². The Balaban J connectivity index is 1.35. The SMILES string of the molecule is C=CCCCOC1O[C@H](COC2C[C@@H](OCc3ccccc3)[C@H](OCc3ccccc3)[C@@H](COCc3ccccc3)O2)[C@@H](OC(C)=O)[C@H](OC(C)=O)[C@H]1Br. The molecule has 0 N–H and O–H groups in total. The van der Waals surface area contributed by atoms with Crippen molar-refractivity contribution in [2.24, 2.45) is 0 Å². The standard InChI is InChI=1S/C42H51BrO11/c1-4-5-15-22-47-42-38(43)41(52-30(3)45)40(51-29(2)44)36(54-42)28-49-37-23-34(48-25-32-18-11-7-12-19-32)39(50-26-33-20-13-8-14-21-33)35(53-37)27-46-24-31-16-9-6-10-17-31/h4,6-14,16-21,34-42H,1,5,15,22-28H2,2-3H3/t34-,35-,36-,37?,38-,39+,40-,41-,42?/m1/s1. The number of ether oxygens (including phenoxy) is 9. The number of hydrogen-bond donors (Lipinski definition) is 0. The van der Waals surface area contributed by atoms with Crippen molar-refractivity contribution in [3.8, 4) is 0 Å². The number of rotatable bonds is 20. The van der Waals surface area contributed by atoms with E-state index < -0.39 is 66.0 Å². The van der Waals surface area contributed by atoms with Gasteiger partial charge in [-0.15, -0.1) is 6.58 Å². The average molecular weight is 812 g/mol. The molecular formula is C42H51BrO11. The first kappa shape index (κ1) is 41.7. The quantitative estimate of drug-likeness (QED) is 0.0517. The molecule has 0 radical (unpaired) electrons. The molecule has 54 heavy (non-hydrogen) atoms. The number of unbranched alkanes of at least 4 members (excludes halogenated alkanes) is 1. The highest BCUT2D eigenvalue weighted by atomic mass is 79.9. The van der Waals surface area contributed by atoms with Crippen LogP contribution in [0.25, 0.3) is 0 Å². The topological polar surface area (TPSA) is 117 Å². The van der Waals surface area contributed by atoms with E-state index in [9.17, 15) is 9.59 Å². The van der Waals surface area contributed by atoms with Gasteiger partial charge in [-0.2, -0.15) is 0 Å². The minimum Gasteiger partial charge on any atom is -0.457 e.